The van der Waals surface area contributed by atoms with Gasteiger partial charge in [0.25, 0.3) is 5.91 Å². The summed E-state index contributed by atoms with van der Waals surface area (Å²) < 4.78 is 7.27. The Morgan fingerprint density at radius 3 is 2.61 bits per heavy atom. The highest BCUT2D eigenvalue weighted by molar-refractivity contribution is 5.98. The second-order valence-corrected chi connectivity index (χ2v) is 9.55. The molecule has 0 fully saturated rings. The Balaban J connectivity index is 1.37. The van der Waals surface area contributed by atoms with Crippen LogP contribution in [0, 0.1) is 0 Å². The van der Waals surface area contributed by atoms with E-state index in [-0.39, 0.29) is 24.3 Å². The molecule has 4 rings (SSSR count). The number of carbonyl (C=O) groups excluding carboxylic acids is 1. The minimum Gasteiger partial charge on any atom is -0.508 e. The number of para-hydroxylation sites is 1. The average Bonchev–Trinajstić information content (AvgIpc) is 3.26. The molecule has 0 aliphatic heterocycles. The van der Waals surface area contributed by atoms with Crippen molar-refractivity contribution in [3.8, 4) is 11.5 Å². The predicted octanol–water partition coefficient (Wildman–Crippen LogP) is 3.57. The van der Waals surface area contributed by atoms with E-state index in [0.717, 1.165) is 34.2 Å². The zero-order chi connectivity index (χ0) is 27.2. The minimum atomic E-state index is -0.767. The Hall–Kier alpha value is -3.85. The van der Waals surface area contributed by atoms with E-state index >= 15 is 0 Å². The van der Waals surface area contributed by atoms with E-state index < -0.39 is 6.10 Å². The second-order valence-electron chi connectivity index (χ2n) is 9.55. The Bertz CT molecular complexity index is 1410. The first-order valence-electron chi connectivity index (χ1n) is 12.6. The zero-order valence-corrected chi connectivity index (χ0v) is 21.9. The Morgan fingerprint density at radius 2 is 1.84 bits per heavy atom. The fourth-order valence-electron chi connectivity index (χ4n) is 4.65. The van der Waals surface area contributed by atoms with Gasteiger partial charge in [0.15, 0.2) is 0 Å². The second kappa shape index (κ2) is 12.1. The van der Waals surface area contributed by atoms with Gasteiger partial charge in [-0.25, -0.2) is 0 Å². The van der Waals surface area contributed by atoms with Gasteiger partial charge in [-0.1, -0.05) is 30.3 Å². The molecule has 1 heterocycles. The number of carbonyl (C=O) groups is 1. The van der Waals surface area contributed by atoms with Crippen LogP contribution in [0.15, 0.2) is 66.7 Å². The minimum absolute atomic E-state index is 0.0122. The lowest BCUT2D eigenvalue weighted by Crippen LogP contribution is -2.32. The van der Waals surface area contributed by atoms with Gasteiger partial charge < -0.3 is 35.3 Å². The number of benzene rings is 3. The van der Waals surface area contributed by atoms with Crippen LogP contribution in [-0.2, 0) is 26.6 Å². The van der Waals surface area contributed by atoms with Crippen molar-refractivity contribution in [1.82, 2.24) is 15.2 Å². The van der Waals surface area contributed by atoms with Crippen LogP contribution in [0.3, 0.4) is 0 Å². The van der Waals surface area contributed by atoms with Gasteiger partial charge in [-0.05, 0) is 60.9 Å². The van der Waals surface area contributed by atoms with Crippen LogP contribution < -0.4 is 15.4 Å². The molecule has 0 saturated carbocycles. The van der Waals surface area contributed by atoms with Crippen LogP contribution in [-0.4, -0.2) is 45.5 Å². The molecule has 0 aliphatic carbocycles. The van der Waals surface area contributed by atoms with E-state index in [1.165, 1.54) is 6.07 Å². The maximum absolute atomic E-state index is 13.0. The van der Waals surface area contributed by atoms with Crippen molar-refractivity contribution in [3.05, 3.63) is 94.7 Å². The Labute approximate surface area is 222 Å². The van der Waals surface area contributed by atoms with Crippen molar-refractivity contribution in [3.63, 3.8) is 0 Å². The summed E-state index contributed by atoms with van der Waals surface area (Å²) in [5, 5.41) is 36.9. The Kier molecular flexibility index (Phi) is 8.68. The van der Waals surface area contributed by atoms with Gasteiger partial charge in [-0.2, -0.15) is 0 Å². The standard InChI is InChI=1S/C30H35N3O5/c1-19(31-17-28(36)21-9-11-27(35)24(14-21)18-34)12-20-8-10-25-23(13-20)15-26(33(25)2)30(37)32-16-22-6-4-5-7-29(22)38-3/h4-11,13-15,19,28,31,34-36H,12,16-18H2,1-3H3,(H,32,37)/t19-,28+/m1/s1. The fourth-order valence-corrected chi connectivity index (χ4v) is 4.65. The fraction of sp³-hybridized carbons (Fsp3) is 0.300. The van der Waals surface area contributed by atoms with Crippen LogP contribution in [0.2, 0.25) is 0 Å². The molecule has 5 N–H and O–H groups in total. The number of methoxy groups -OCH3 is 1. The van der Waals surface area contributed by atoms with E-state index in [1.54, 1.807) is 19.2 Å². The monoisotopic (exact) mass is 517 g/mol. The molecule has 1 amide bonds. The molecule has 0 radical (unpaired) electrons. The number of ether oxygens (including phenoxy) is 1. The highest BCUT2D eigenvalue weighted by Gasteiger charge is 2.16. The number of hydrogen-bond acceptors (Lipinski definition) is 6. The number of rotatable bonds is 11. The molecule has 8 heteroatoms. The number of nitrogens with one attached hydrogen (secondary N) is 2. The van der Waals surface area contributed by atoms with Crippen molar-refractivity contribution < 1.29 is 24.9 Å². The highest BCUT2D eigenvalue weighted by Crippen LogP contribution is 2.24. The van der Waals surface area contributed by atoms with Crippen LogP contribution in [0.25, 0.3) is 10.9 Å². The molecule has 8 nitrogen and oxygen atoms in total. The molecule has 4 aromatic rings. The normalized spacial score (nSPS) is 12.9. The lowest BCUT2D eigenvalue weighted by molar-refractivity contribution is 0.0943. The number of aryl methyl sites for hydroxylation is 1. The molecule has 0 spiro atoms. The van der Waals surface area contributed by atoms with Crippen LogP contribution >= 0.6 is 0 Å². The number of aliphatic hydroxyl groups excluding tert-OH is 2. The lowest BCUT2D eigenvalue weighted by Gasteiger charge is -2.18. The largest absolute Gasteiger partial charge is 0.508 e. The number of aromatic hydroxyl groups is 1. The van der Waals surface area contributed by atoms with E-state index in [2.05, 4.69) is 29.7 Å². The number of aliphatic hydroxyl groups is 2. The number of hydrogen-bond donors (Lipinski definition) is 5. The summed E-state index contributed by atoms with van der Waals surface area (Å²) >= 11 is 0. The topological polar surface area (TPSA) is 116 Å². The first-order chi connectivity index (χ1) is 18.3. The first-order valence-corrected chi connectivity index (χ1v) is 12.6. The number of amides is 1. The number of fused-ring (bicyclic) bond motifs is 1. The van der Waals surface area contributed by atoms with Crippen molar-refractivity contribution in [2.24, 2.45) is 7.05 Å². The zero-order valence-electron chi connectivity index (χ0n) is 21.9. The molecular weight excluding hydrogens is 482 g/mol. The summed E-state index contributed by atoms with van der Waals surface area (Å²) in [6.07, 6.45) is -0.0263. The highest BCUT2D eigenvalue weighted by atomic mass is 16.5. The van der Waals surface area contributed by atoms with E-state index in [4.69, 9.17) is 4.74 Å². The van der Waals surface area contributed by atoms with Crippen LogP contribution in [0.1, 0.15) is 45.8 Å². The first kappa shape index (κ1) is 27.2. The summed E-state index contributed by atoms with van der Waals surface area (Å²) in [6.45, 7) is 2.47. The van der Waals surface area contributed by atoms with E-state index in [0.29, 0.717) is 29.9 Å². The van der Waals surface area contributed by atoms with Crippen molar-refractivity contribution in [2.45, 2.75) is 38.6 Å². The van der Waals surface area contributed by atoms with E-state index in [9.17, 15) is 20.1 Å². The van der Waals surface area contributed by atoms with Gasteiger partial charge in [0.1, 0.15) is 17.2 Å². The molecule has 38 heavy (non-hydrogen) atoms. The number of phenols is 1. The molecule has 0 saturated heterocycles. The van der Waals surface area contributed by atoms with Gasteiger partial charge >= 0.3 is 0 Å². The van der Waals surface area contributed by atoms with Crippen LogP contribution in [0.5, 0.6) is 11.5 Å². The molecule has 0 aliphatic rings. The van der Waals surface area contributed by atoms with Gasteiger partial charge in [0.05, 0.1) is 19.8 Å². The summed E-state index contributed by atoms with van der Waals surface area (Å²) in [6, 6.07) is 20.5. The predicted molar refractivity (Wildman–Crippen MR) is 147 cm³/mol. The maximum Gasteiger partial charge on any atom is 0.268 e. The molecule has 0 bridgehead atoms. The molecule has 2 atom stereocenters. The smallest absolute Gasteiger partial charge is 0.268 e. The molecule has 0 unspecified atom stereocenters. The lowest BCUT2D eigenvalue weighted by atomic mass is 10.0. The molecule has 200 valence electrons. The quantitative estimate of drug-likeness (QED) is 0.208. The van der Waals surface area contributed by atoms with Gasteiger partial charge in [0.2, 0.25) is 0 Å². The SMILES string of the molecule is COc1ccccc1CNC(=O)c1cc2cc(C[C@@H](C)NC[C@H](O)c3ccc(O)c(CO)c3)ccc2n1C. The van der Waals surface area contributed by atoms with E-state index in [1.807, 2.05) is 48.0 Å². The Morgan fingerprint density at radius 1 is 1.05 bits per heavy atom. The van der Waals surface area contributed by atoms with Gasteiger partial charge in [0, 0.05) is 48.2 Å². The molecule has 1 aromatic heterocycles. The maximum atomic E-state index is 13.0. The molecule has 3 aromatic carbocycles. The summed E-state index contributed by atoms with van der Waals surface area (Å²) in [7, 11) is 3.50. The number of aromatic nitrogens is 1. The third kappa shape index (κ3) is 6.16. The van der Waals surface area contributed by atoms with Gasteiger partial charge in [-0.3, -0.25) is 4.79 Å². The third-order valence-corrected chi connectivity index (χ3v) is 6.83. The summed E-state index contributed by atoms with van der Waals surface area (Å²) in [4.78, 5) is 13.0. The van der Waals surface area contributed by atoms with Crippen molar-refractivity contribution in [2.75, 3.05) is 13.7 Å². The van der Waals surface area contributed by atoms with Gasteiger partial charge in [-0.15, -0.1) is 0 Å². The van der Waals surface area contributed by atoms with Crippen molar-refractivity contribution >= 4 is 16.8 Å². The molecular formula is C30H35N3O5. The number of nitrogens with zero attached hydrogens (tertiary/aromatic N) is 1. The van der Waals surface area contributed by atoms with Crippen molar-refractivity contribution in [1.29, 1.82) is 0 Å². The third-order valence-electron chi connectivity index (χ3n) is 6.83. The summed E-state index contributed by atoms with van der Waals surface area (Å²) in [5.74, 6) is 0.597. The van der Waals surface area contributed by atoms with Crippen LogP contribution in [0.4, 0.5) is 0 Å². The average molecular weight is 518 g/mol. The summed E-state index contributed by atoms with van der Waals surface area (Å²) in [5.41, 5.74) is 4.60.